The van der Waals surface area contributed by atoms with Gasteiger partial charge in [-0.25, -0.2) is 0 Å². The predicted octanol–water partition coefficient (Wildman–Crippen LogP) is 2.01. The number of hydrogen-bond donors (Lipinski definition) is 1. The smallest absolute Gasteiger partial charge is 0.236 e. The summed E-state index contributed by atoms with van der Waals surface area (Å²) in [5.41, 5.74) is -0.557. The van der Waals surface area contributed by atoms with E-state index in [1.54, 1.807) is 0 Å². The Hall–Kier alpha value is -0.610. The molecule has 116 valence electrons. The highest BCUT2D eigenvalue weighted by atomic mass is 16.3. The van der Waals surface area contributed by atoms with E-state index < -0.39 is 5.60 Å². The maximum atomic E-state index is 12.3. The molecule has 20 heavy (non-hydrogen) atoms. The zero-order valence-electron chi connectivity index (χ0n) is 13.1. The second-order valence-corrected chi connectivity index (χ2v) is 6.90. The number of carbonyl (C=O) groups is 1. The highest BCUT2D eigenvalue weighted by Gasteiger charge is 2.33. The number of carbonyl (C=O) groups excluding carboxylic acids is 1. The molecule has 1 amide bonds. The normalized spacial score (nSPS) is 23.2. The lowest BCUT2D eigenvalue weighted by Gasteiger charge is -2.34. The molecule has 0 aliphatic heterocycles. The Balaban J connectivity index is 1.77. The predicted molar refractivity (Wildman–Crippen MR) is 80.6 cm³/mol. The van der Waals surface area contributed by atoms with Crippen LogP contribution in [0.4, 0.5) is 0 Å². The molecule has 0 aromatic heterocycles. The van der Waals surface area contributed by atoms with Crippen molar-refractivity contribution < 1.29 is 9.90 Å². The summed E-state index contributed by atoms with van der Waals surface area (Å²) in [5.74, 6) is 0.195. The lowest BCUT2D eigenvalue weighted by atomic mass is 9.94. The molecule has 4 nitrogen and oxygen atoms in total. The van der Waals surface area contributed by atoms with E-state index in [0.29, 0.717) is 19.1 Å². The van der Waals surface area contributed by atoms with Crippen molar-refractivity contribution in [1.82, 2.24) is 9.80 Å². The van der Waals surface area contributed by atoms with Gasteiger partial charge in [0.2, 0.25) is 5.91 Å². The molecule has 2 fully saturated rings. The van der Waals surface area contributed by atoms with E-state index in [1.807, 2.05) is 23.9 Å². The van der Waals surface area contributed by atoms with Crippen molar-refractivity contribution in [3.05, 3.63) is 0 Å². The second-order valence-electron chi connectivity index (χ2n) is 6.90. The summed E-state index contributed by atoms with van der Waals surface area (Å²) < 4.78 is 0. The first-order chi connectivity index (χ1) is 9.50. The van der Waals surface area contributed by atoms with Crippen molar-refractivity contribution in [3.63, 3.8) is 0 Å². The third kappa shape index (κ3) is 4.19. The molecule has 1 N–H and O–H groups in total. The summed E-state index contributed by atoms with van der Waals surface area (Å²) in [7, 11) is 3.89. The van der Waals surface area contributed by atoms with Crippen molar-refractivity contribution in [1.29, 1.82) is 0 Å². The fourth-order valence-electron chi connectivity index (χ4n) is 3.76. The first-order valence-electron chi connectivity index (χ1n) is 8.17. The lowest BCUT2D eigenvalue weighted by Crippen LogP contribution is -2.46. The van der Waals surface area contributed by atoms with Crippen LogP contribution in [0.2, 0.25) is 0 Å². The molecule has 0 aromatic carbocycles. The molecular formula is C16H30N2O2. The zero-order valence-corrected chi connectivity index (χ0v) is 13.1. The lowest BCUT2D eigenvalue weighted by molar-refractivity contribution is -0.134. The highest BCUT2D eigenvalue weighted by Crippen LogP contribution is 2.30. The van der Waals surface area contributed by atoms with Crippen LogP contribution in [0.3, 0.4) is 0 Å². The Morgan fingerprint density at radius 2 is 1.70 bits per heavy atom. The summed E-state index contributed by atoms with van der Waals surface area (Å²) in [4.78, 5) is 16.3. The van der Waals surface area contributed by atoms with Gasteiger partial charge >= 0.3 is 0 Å². The van der Waals surface area contributed by atoms with Crippen molar-refractivity contribution in [2.24, 2.45) is 0 Å². The molecular weight excluding hydrogens is 252 g/mol. The molecule has 2 aliphatic carbocycles. The van der Waals surface area contributed by atoms with E-state index in [-0.39, 0.29) is 5.91 Å². The van der Waals surface area contributed by atoms with E-state index in [1.165, 1.54) is 19.3 Å². The standard InChI is InChI=1S/C16H30N2O2/c1-17(13-16(20)10-6-7-11-16)12-15(19)18(2)14-8-4-3-5-9-14/h14,20H,3-13H2,1-2H3. The van der Waals surface area contributed by atoms with Gasteiger partial charge in [0.1, 0.15) is 0 Å². The number of hydrogen-bond acceptors (Lipinski definition) is 3. The number of likely N-dealkylation sites (N-methyl/N-ethyl adjacent to an activating group) is 2. The molecule has 2 rings (SSSR count). The molecule has 0 unspecified atom stereocenters. The molecule has 0 aromatic rings. The maximum Gasteiger partial charge on any atom is 0.236 e. The van der Waals surface area contributed by atoms with Crippen molar-refractivity contribution >= 4 is 5.91 Å². The van der Waals surface area contributed by atoms with E-state index in [2.05, 4.69) is 0 Å². The van der Waals surface area contributed by atoms with Crippen LogP contribution in [-0.2, 0) is 4.79 Å². The molecule has 2 aliphatic rings. The largest absolute Gasteiger partial charge is 0.389 e. The number of nitrogens with zero attached hydrogens (tertiary/aromatic N) is 2. The minimum absolute atomic E-state index is 0.195. The Morgan fingerprint density at radius 3 is 2.30 bits per heavy atom. The Bertz CT molecular complexity index is 320. The monoisotopic (exact) mass is 282 g/mol. The SMILES string of the molecule is CN(CC(=O)N(C)C1CCCCC1)CC1(O)CCCC1. The summed E-state index contributed by atoms with van der Waals surface area (Å²) in [5, 5.41) is 10.4. The topological polar surface area (TPSA) is 43.8 Å². The molecule has 0 bridgehead atoms. The molecule has 0 heterocycles. The molecule has 0 saturated heterocycles. The quantitative estimate of drug-likeness (QED) is 0.839. The van der Waals surface area contributed by atoms with Crippen LogP contribution < -0.4 is 0 Å². The van der Waals surface area contributed by atoms with Crippen molar-refractivity contribution in [2.75, 3.05) is 27.2 Å². The molecule has 0 atom stereocenters. The number of rotatable bonds is 5. The van der Waals surface area contributed by atoms with Crippen LogP contribution in [0.15, 0.2) is 0 Å². The molecule has 0 spiro atoms. The first-order valence-corrected chi connectivity index (χ1v) is 8.17. The van der Waals surface area contributed by atoms with Crippen LogP contribution in [-0.4, -0.2) is 59.6 Å². The maximum absolute atomic E-state index is 12.3. The van der Waals surface area contributed by atoms with Gasteiger partial charge in [0.15, 0.2) is 0 Å². The fraction of sp³-hybridized carbons (Fsp3) is 0.938. The summed E-state index contributed by atoms with van der Waals surface area (Å²) in [6.45, 7) is 1.05. The third-order valence-corrected chi connectivity index (χ3v) is 5.02. The summed E-state index contributed by atoms with van der Waals surface area (Å²) in [6, 6.07) is 0.430. The average Bonchev–Trinajstić information content (AvgIpc) is 2.84. The summed E-state index contributed by atoms with van der Waals surface area (Å²) in [6.07, 6.45) is 10.1. The van der Waals surface area contributed by atoms with Gasteiger partial charge in [0.25, 0.3) is 0 Å². The number of amides is 1. The third-order valence-electron chi connectivity index (χ3n) is 5.02. The van der Waals surface area contributed by atoms with Crippen LogP contribution in [0, 0.1) is 0 Å². The minimum atomic E-state index is -0.557. The van der Waals surface area contributed by atoms with E-state index in [0.717, 1.165) is 38.5 Å². The van der Waals surface area contributed by atoms with Crippen LogP contribution >= 0.6 is 0 Å². The summed E-state index contributed by atoms with van der Waals surface area (Å²) >= 11 is 0. The van der Waals surface area contributed by atoms with Gasteiger partial charge in [-0.05, 0) is 32.7 Å². The van der Waals surface area contributed by atoms with Crippen molar-refractivity contribution in [3.8, 4) is 0 Å². The van der Waals surface area contributed by atoms with Gasteiger partial charge in [-0.15, -0.1) is 0 Å². The first kappa shape index (κ1) is 15.8. The fourth-order valence-corrected chi connectivity index (χ4v) is 3.76. The van der Waals surface area contributed by atoms with E-state index in [4.69, 9.17) is 0 Å². The van der Waals surface area contributed by atoms with Gasteiger partial charge in [0.05, 0.1) is 12.1 Å². The minimum Gasteiger partial charge on any atom is -0.389 e. The second kappa shape index (κ2) is 6.90. The van der Waals surface area contributed by atoms with E-state index in [9.17, 15) is 9.90 Å². The zero-order chi connectivity index (χ0) is 14.6. The van der Waals surface area contributed by atoms with E-state index >= 15 is 0 Å². The molecule has 0 radical (unpaired) electrons. The van der Waals surface area contributed by atoms with Gasteiger partial charge in [0, 0.05) is 19.6 Å². The van der Waals surface area contributed by atoms with Gasteiger partial charge in [-0.2, -0.15) is 0 Å². The van der Waals surface area contributed by atoms with Crippen LogP contribution in [0.25, 0.3) is 0 Å². The average molecular weight is 282 g/mol. The number of aliphatic hydroxyl groups is 1. The Morgan fingerprint density at radius 1 is 1.10 bits per heavy atom. The van der Waals surface area contributed by atoms with Gasteiger partial charge in [-0.1, -0.05) is 32.1 Å². The highest BCUT2D eigenvalue weighted by molar-refractivity contribution is 5.78. The molecule has 4 heteroatoms. The van der Waals surface area contributed by atoms with Gasteiger partial charge in [-0.3, -0.25) is 9.69 Å². The van der Waals surface area contributed by atoms with Gasteiger partial charge < -0.3 is 10.0 Å². The van der Waals surface area contributed by atoms with Crippen molar-refractivity contribution in [2.45, 2.75) is 69.4 Å². The van der Waals surface area contributed by atoms with Crippen LogP contribution in [0.5, 0.6) is 0 Å². The Kier molecular flexibility index (Phi) is 5.44. The Labute approximate surface area is 123 Å². The molecule has 2 saturated carbocycles. The van der Waals surface area contributed by atoms with Crippen LogP contribution in [0.1, 0.15) is 57.8 Å².